The monoisotopic (exact) mass is 281 g/mol. The van der Waals surface area contributed by atoms with Crippen LogP contribution in [0.4, 0.5) is 5.69 Å². The fraction of sp³-hybridized carbons (Fsp3) is 0.235. The Bertz CT molecular complexity index is 735. The van der Waals surface area contributed by atoms with E-state index in [1.807, 2.05) is 37.4 Å². The van der Waals surface area contributed by atoms with Gasteiger partial charge in [-0.3, -0.25) is 5.10 Å². The number of para-hydroxylation sites is 1. The molecule has 108 valence electrons. The van der Waals surface area contributed by atoms with E-state index in [0.29, 0.717) is 6.61 Å². The molecule has 0 fully saturated rings. The van der Waals surface area contributed by atoms with Gasteiger partial charge in [0.1, 0.15) is 5.75 Å². The molecule has 21 heavy (non-hydrogen) atoms. The number of nitrogens with one attached hydrogen (secondary N) is 2. The standard InChI is InChI=1S/C17H19N3O/c1-3-21-17-7-5-4-6-15(17)12(2)19-14-8-9-16-13(10-14)11-18-20-16/h4-12,19H,3H2,1-2H3,(H,18,20). The van der Waals surface area contributed by atoms with Crippen molar-refractivity contribution in [3.8, 4) is 5.75 Å². The first-order valence-electron chi connectivity index (χ1n) is 7.19. The van der Waals surface area contributed by atoms with Crippen molar-refractivity contribution in [3.63, 3.8) is 0 Å². The molecule has 0 aliphatic carbocycles. The van der Waals surface area contributed by atoms with Gasteiger partial charge in [0.25, 0.3) is 0 Å². The van der Waals surface area contributed by atoms with Gasteiger partial charge in [-0.1, -0.05) is 18.2 Å². The number of fused-ring (bicyclic) bond motifs is 1. The van der Waals surface area contributed by atoms with Crippen LogP contribution < -0.4 is 10.1 Å². The number of H-pyrrole nitrogens is 1. The Morgan fingerprint density at radius 2 is 2.10 bits per heavy atom. The number of aromatic nitrogens is 2. The van der Waals surface area contributed by atoms with Gasteiger partial charge in [-0.25, -0.2) is 0 Å². The fourth-order valence-electron chi connectivity index (χ4n) is 2.49. The van der Waals surface area contributed by atoms with Crippen molar-refractivity contribution >= 4 is 16.6 Å². The summed E-state index contributed by atoms with van der Waals surface area (Å²) in [6.07, 6.45) is 1.83. The van der Waals surface area contributed by atoms with Gasteiger partial charge in [0, 0.05) is 16.6 Å². The number of aromatic amines is 1. The van der Waals surface area contributed by atoms with Crippen LogP contribution in [0.15, 0.2) is 48.7 Å². The molecular weight excluding hydrogens is 262 g/mol. The van der Waals surface area contributed by atoms with Crippen LogP contribution in [0.25, 0.3) is 10.9 Å². The van der Waals surface area contributed by atoms with E-state index in [1.54, 1.807) is 0 Å². The Hall–Kier alpha value is -2.49. The van der Waals surface area contributed by atoms with Crippen molar-refractivity contribution in [3.05, 3.63) is 54.2 Å². The highest BCUT2D eigenvalue weighted by atomic mass is 16.5. The fourth-order valence-corrected chi connectivity index (χ4v) is 2.49. The van der Waals surface area contributed by atoms with Crippen LogP contribution in [-0.2, 0) is 0 Å². The van der Waals surface area contributed by atoms with Crippen molar-refractivity contribution in [2.24, 2.45) is 0 Å². The summed E-state index contributed by atoms with van der Waals surface area (Å²) in [6.45, 7) is 4.81. The molecule has 4 heteroatoms. The van der Waals surface area contributed by atoms with E-state index in [0.717, 1.165) is 27.9 Å². The molecule has 0 bridgehead atoms. The number of ether oxygens (including phenoxy) is 1. The summed E-state index contributed by atoms with van der Waals surface area (Å²) in [5, 5.41) is 11.6. The van der Waals surface area contributed by atoms with E-state index < -0.39 is 0 Å². The van der Waals surface area contributed by atoms with Gasteiger partial charge in [0.2, 0.25) is 0 Å². The van der Waals surface area contributed by atoms with E-state index in [4.69, 9.17) is 4.74 Å². The van der Waals surface area contributed by atoms with Crippen molar-refractivity contribution < 1.29 is 4.74 Å². The van der Waals surface area contributed by atoms with Crippen molar-refractivity contribution in [2.75, 3.05) is 11.9 Å². The van der Waals surface area contributed by atoms with E-state index in [9.17, 15) is 0 Å². The SMILES string of the molecule is CCOc1ccccc1C(C)Nc1ccc2[nH]ncc2c1. The summed E-state index contributed by atoms with van der Waals surface area (Å²) in [7, 11) is 0. The molecular formula is C17H19N3O. The van der Waals surface area contributed by atoms with Crippen molar-refractivity contribution in [2.45, 2.75) is 19.9 Å². The minimum Gasteiger partial charge on any atom is -0.494 e. The first kappa shape index (κ1) is 13.5. The molecule has 3 aromatic rings. The van der Waals surface area contributed by atoms with E-state index in [-0.39, 0.29) is 6.04 Å². The Morgan fingerprint density at radius 3 is 2.95 bits per heavy atom. The molecule has 0 aliphatic heterocycles. The average molecular weight is 281 g/mol. The van der Waals surface area contributed by atoms with Gasteiger partial charge in [0.15, 0.2) is 0 Å². The third kappa shape index (κ3) is 2.84. The highest BCUT2D eigenvalue weighted by molar-refractivity contribution is 5.81. The lowest BCUT2D eigenvalue weighted by Crippen LogP contribution is -2.08. The van der Waals surface area contributed by atoms with Crippen LogP contribution in [0.5, 0.6) is 5.75 Å². The van der Waals surface area contributed by atoms with Crippen LogP contribution in [0.2, 0.25) is 0 Å². The second kappa shape index (κ2) is 5.87. The second-order valence-corrected chi connectivity index (χ2v) is 5.01. The highest BCUT2D eigenvalue weighted by Crippen LogP contribution is 2.28. The number of nitrogens with zero attached hydrogens (tertiary/aromatic N) is 1. The quantitative estimate of drug-likeness (QED) is 0.739. The Morgan fingerprint density at radius 1 is 1.24 bits per heavy atom. The van der Waals surface area contributed by atoms with Gasteiger partial charge in [-0.15, -0.1) is 0 Å². The first-order valence-corrected chi connectivity index (χ1v) is 7.19. The minimum absolute atomic E-state index is 0.164. The summed E-state index contributed by atoms with van der Waals surface area (Å²) in [5.74, 6) is 0.935. The number of hydrogen-bond acceptors (Lipinski definition) is 3. The number of hydrogen-bond donors (Lipinski definition) is 2. The van der Waals surface area contributed by atoms with Gasteiger partial charge in [-0.05, 0) is 38.1 Å². The summed E-state index contributed by atoms with van der Waals surface area (Å²) >= 11 is 0. The molecule has 0 aliphatic rings. The zero-order valence-electron chi connectivity index (χ0n) is 12.3. The molecule has 0 spiro atoms. The second-order valence-electron chi connectivity index (χ2n) is 5.01. The predicted molar refractivity (Wildman–Crippen MR) is 85.7 cm³/mol. The molecule has 0 radical (unpaired) electrons. The third-order valence-electron chi connectivity index (χ3n) is 3.51. The zero-order valence-corrected chi connectivity index (χ0v) is 12.3. The third-order valence-corrected chi connectivity index (χ3v) is 3.51. The summed E-state index contributed by atoms with van der Waals surface area (Å²) in [6, 6.07) is 14.5. The summed E-state index contributed by atoms with van der Waals surface area (Å²) in [4.78, 5) is 0. The Labute approximate surface area is 124 Å². The normalized spacial score (nSPS) is 12.3. The van der Waals surface area contributed by atoms with Crippen LogP contribution >= 0.6 is 0 Å². The molecule has 1 heterocycles. The molecule has 1 aromatic heterocycles. The largest absolute Gasteiger partial charge is 0.494 e. The lowest BCUT2D eigenvalue weighted by Gasteiger charge is -2.19. The van der Waals surface area contributed by atoms with E-state index in [1.165, 1.54) is 0 Å². The number of rotatable bonds is 5. The number of anilines is 1. The molecule has 0 saturated carbocycles. The maximum absolute atomic E-state index is 5.70. The summed E-state index contributed by atoms with van der Waals surface area (Å²) < 4.78 is 5.70. The molecule has 3 rings (SSSR count). The average Bonchev–Trinajstić information content (AvgIpc) is 2.95. The molecule has 0 amide bonds. The molecule has 4 nitrogen and oxygen atoms in total. The van der Waals surface area contributed by atoms with Crippen LogP contribution in [-0.4, -0.2) is 16.8 Å². The minimum atomic E-state index is 0.164. The van der Waals surface area contributed by atoms with E-state index in [2.05, 4.69) is 40.6 Å². The van der Waals surface area contributed by atoms with Gasteiger partial charge < -0.3 is 10.1 Å². The van der Waals surface area contributed by atoms with Crippen molar-refractivity contribution in [1.82, 2.24) is 10.2 Å². The Balaban J connectivity index is 1.83. The van der Waals surface area contributed by atoms with Crippen LogP contribution in [0.3, 0.4) is 0 Å². The molecule has 1 atom stereocenters. The highest BCUT2D eigenvalue weighted by Gasteiger charge is 2.11. The lowest BCUT2D eigenvalue weighted by molar-refractivity contribution is 0.335. The number of benzene rings is 2. The first-order chi connectivity index (χ1) is 10.3. The lowest BCUT2D eigenvalue weighted by atomic mass is 10.1. The maximum Gasteiger partial charge on any atom is 0.124 e. The topological polar surface area (TPSA) is 49.9 Å². The van der Waals surface area contributed by atoms with Gasteiger partial charge in [0.05, 0.1) is 24.4 Å². The van der Waals surface area contributed by atoms with E-state index >= 15 is 0 Å². The van der Waals surface area contributed by atoms with Crippen LogP contribution in [0, 0.1) is 0 Å². The summed E-state index contributed by atoms with van der Waals surface area (Å²) in [5.41, 5.74) is 3.28. The zero-order chi connectivity index (χ0) is 14.7. The van der Waals surface area contributed by atoms with Gasteiger partial charge >= 0.3 is 0 Å². The smallest absolute Gasteiger partial charge is 0.124 e. The van der Waals surface area contributed by atoms with Crippen molar-refractivity contribution in [1.29, 1.82) is 0 Å². The van der Waals surface area contributed by atoms with Crippen LogP contribution in [0.1, 0.15) is 25.5 Å². The predicted octanol–water partition coefficient (Wildman–Crippen LogP) is 4.13. The Kier molecular flexibility index (Phi) is 3.77. The molecule has 2 aromatic carbocycles. The maximum atomic E-state index is 5.70. The molecule has 0 saturated heterocycles. The molecule has 2 N–H and O–H groups in total. The van der Waals surface area contributed by atoms with Gasteiger partial charge in [-0.2, -0.15) is 5.10 Å². The molecule has 1 unspecified atom stereocenters.